The number of rotatable bonds is 4. The van der Waals surface area contributed by atoms with Gasteiger partial charge in [0.05, 0.1) is 0 Å². The van der Waals surface area contributed by atoms with Crippen LogP contribution in [0.3, 0.4) is 0 Å². The topological polar surface area (TPSA) is 59.3 Å². The van der Waals surface area contributed by atoms with E-state index in [9.17, 15) is 9.59 Å². The number of pyridine rings is 1. The molecule has 0 amide bonds. The maximum absolute atomic E-state index is 12.1. The van der Waals surface area contributed by atoms with Crippen LogP contribution in [0, 0.1) is 0 Å². The van der Waals surface area contributed by atoms with E-state index in [1.165, 1.54) is 5.56 Å². The van der Waals surface area contributed by atoms with E-state index in [2.05, 4.69) is 0 Å². The van der Waals surface area contributed by atoms with E-state index in [1.807, 2.05) is 13.0 Å². The Morgan fingerprint density at radius 1 is 1.47 bits per heavy atom. The number of aromatic nitrogens is 1. The van der Waals surface area contributed by atoms with Crippen LogP contribution in [0.4, 0.5) is 0 Å². The number of carbonyl (C=O) groups is 1. The lowest BCUT2D eigenvalue weighted by atomic mass is 10.1. The van der Waals surface area contributed by atoms with Crippen molar-refractivity contribution in [2.24, 2.45) is 0 Å². The molecule has 1 heterocycles. The van der Waals surface area contributed by atoms with Gasteiger partial charge in [-0.3, -0.25) is 9.59 Å². The van der Waals surface area contributed by atoms with Crippen molar-refractivity contribution in [3.63, 3.8) is 0 Å². The van der Waals surface area contributed by atoms with E-state index in [4.69, 9.17) is 5.11 Å². The van der Waals surface area contributed by atoms with E-state index < -0.39 is 5.97 Å². The van der Waals surface area contributed by atoms with Gasteiger partial charge in [-0.05, 0) is 44.2 Å². The fourth-order valence-electron chi connectivity index (χ4n) is 2.54. The molecule has 1 N–H and O–H groups in total. The van der Waals surface area contributed by atoms with Gasteiger partial charge in [-0.1, -0.05) is 0 Å². The SMILES string of the molecule is CCn1c2c(cc(CCC(=O)O)c1=O)CCC2. The molecule has 0 radical (unpaired) electrons. The molecule has 0 saturated heterocycles. The number of fused-ring (bicyclic) bond motifs is 1. The van der Waals surface area contributed by atoms with Crippen molar-refractivity contribution >= 4 is 5.97 Å². The quantitative estimate of drug-likeness (QED) is 0.857. The van der Waals surface area contributed by atoms with Crippen molar-refractivity contribution in [1.29, 1.82) is 0 Å². The normalized spacial score (nSPS) is 13.7. The van der Waals surface area contributed by atoms with E-state index in [1.54, 1.807) is 4.57 Å². The lowest BCUT2D eigenvalue weighted by molar-refractivity contribution is -0.136. The zero-order valence-electron chi connectivity index (χ0n) is 10.0. The van der Waals surface area contributed by atoms with Crippen LogP contribution in [-0.4, -0.2) is 15.6 Å². The zero-order valence-corrected chi connectivity index (χ0v) is 10.0. The highest BCUT2D eigenvalue weighted by atomic mass is 16.4. The summed E-state index contributed by atoms with van der Waals surface area (Å²) in [6.45, 7) is 2.63. The molecular weight excluding hydrogens is 218 g/mol. The monoisotopic (exact) mass is 235 g/mol. The fraction of sp³-hybridized carbons (Fsp3) is 0.538. The zero-order chi connectivity index (χ0) is 12.4. The van der Waals surface area contributed by atoms with Gasteiger partial charge in [0.15, 0.2) is 0 Å². The summed E-state index contributed by atoms with van der Waals surface area (Å²) in [5.41, 5.74) is 3.02. The van der Waals surface area contributed by atoms with Gasteiger partial charge in [0.25, 0.3) is 5.56 Å². The molecule has 2 rings (SSSR count). The van der Waals surface area contributed by atoms with E-state index in [-0.39, 0.29) is 12.0 Å². The molecule has 0 unspecified atom stereocenters. The molecule has 0 spiro atoms. The molecule has 4 heteroatoms. The lowest BCUT2D eigenvalue weighted by Gasteiger charge is -2.12. The van der Waals surface area contributed by atoms with E-state index in [0.29, 0.717) is 18.5 Å². The van der Waals surface area contributed by atoms with Gasteiger partial charge in [-0.15, -0.1) is 0 Å². The average Bonchev–Trinajstić information content (AvgIpc) is 2.74. The predicted molar refractivity (Wildman–Crippen MR) is 64.4 cm³/mol. The minimum absolute atomic E-state index is 0.00519. The molecule has 0 fully saturated rings. The number of hydrogen-bond donors (Lipinski definition) is 1. The van der Waals surface area contributed by atoms with Crippen molar-refractivity contribution in [2.75, 3.05) is 0 Å². The Hall–Kier alpha value is -1.58. The lowest BCUT2D eigenvalue weighted by Crippen LogP contribution is -2.26. The second-order valence-electron chi connectivity index (χ2n) is 4.44. The van der Waals surface area contributed by atoms with Crippen LogP contribution in [0.2, 0.25) is 0 Å². The molecule has 17 heavy (non-hydrogen) atoms. The summed E-state index contributed by atoms with van der Waals surface area (Å²) in [7, 11) is 0. The Balaban J connectivity index is 2.40. The summed E-state index contributed by atoms with van der Waals surface area (Å²) in [6, 6.07) is 1.92. The maximum Gasteiger partial charge on any atom is 0.303 e. The highest BCUT2D eigenvalue weighted by Gasteiger charge is 2.18. The highest BCUT2D eigenvalue weighted by molar-refractivity contribution is 5.67. The largest absolute Gasteiger partial charge is 0.481 e. The van der Waals surface area contributed by atoms with Gasteiger partial charge in [0.1, 0.15) is 0 Å². The van der Waals surface area contributed by atoms with Gasteiger partial charge in [0.2, 0.25) is 0 Å². The van der Waals surface area contributed by atoms with Crippen molar-refractivity contribution in [2.45, 2.75) is 45.6 Å². The van der Waals surface area contributed by atoms with Crippen LogP contribution < -0.4 is 5.56 Å². The van der Waals surface area contributed by atoms with Crippen molar-refractivity contribution < 1.29 is 9.90 Å². The predicted octanol–water partition coefficient (Wildman–Crippen LogP) is 1.37. The Labute approximate surface area is 99.9 Å². The van der Waals surface area contributed by atoms with Crippen LogP contribution in [-0.2, 0) is 30.6 Å². The smallest absolute Gasteiger partial charge is 0.303 e. The first-order valence-electron chi connectivity index (χ1n) is 6.09. The molecular formula is C13H17NO3. The first kappa shape index (κ1) is 11.9. The molecule has 0 bridgehead atoms. The molecule has 4 nitrogen and oxygen atoms in total. The third-order valence-corrected chi connectivity index (χ3v) is 3.35. The van der Waals surface area contributed by atoms with Crippen LogP contribution in [0.15, 0.2) is 10.9 Å². The number of aryl methyl sites for hydroxylation is 2. The van der Waals surface area contributed by atoms with Crippen molar-refractivity contribution in [3.05, 3.63) is 33.2 Å². The molecule has 1 aliphatic carbocycles. The molecule has 1 aromatic rings. The fourth-order valence-corrected chi connectivity index (χ4v) is 2.54. The summed E-state index contributed by atoms with van der Waals surface area (Å²) < 4.78 is 1.81. The number of carboxylic acid groups (broad SMARTS) is 1. The summed E-state index contributed by atoms with van der Waals surface area (Å²) >= 11 is 0. The molecule has 0 aliphatic heterocycles. The first-order valence-corrected chi connectivity index (χ1v) is 6.09. The standard InChI is InChI=1S/C13H17NO3/c1-2-14-11-5-3-4-9(11)8-10(13(14)17)6-7-12(15)16/h8H,2-7H2,1H3,(H,15,16). The summed E-state index contributed by atoms with van der Waals surface area (Å²) in [5, 5.41) is 8.68. The molecule has 0 saturated carbocycles. The van der Waals surface area contributed by atoms with Crippen LogP contribution in [0.25, 0.3) is 0 Å². The number of hydrogen-bond acceptors (Lipinski definition) is 2. The second-order valence-corrected chi connectivity index (χ2v) is 4.44. The van der Waals surface area contributed by atoms with E-state index >= 15 is 0 Å². The minimum Gasteiger partial charge on any atom is -0.481 e. The van der Waals surface area contributed by atoms with Gasteiger partial charge in [-0.2, -0.15) is 0 Å². The summed E-state index contributed by atoms with van der Waals surface area (Å²) in [5.74, 6) is -0.854. The van der Waals surface area contributed by atoms with Gasteiger partial charge in [-0.25, -0.2) is 0 Å². The molecule has 0 atom stereocenters. The average molecular weight is 235 g/mol. The Morgan fingerprint density at radius 3 is 2.88 bits per heavy atom. The molecule has 92 valence electrons. The van der Waals surface area contributed by atoms with Gasteiger partial charge in [0, 0.05) is 24.2 Å². The van der Waals surface area contributed by atoms with Crippen LogP contribution in [0.5, 0.6) is 0 Å². The van der Waals surface area contributed by atoms with Crippen LogP contribution >= 0.6 is 0 Å². The van der Waals surface area contributed by atoms with Crippen LogP contribution in [0.1, 0.15) is 36.6 Å². The molecule has 1 aromatic heterocycles. The molecule has 1 aliphatic rings. The van der Waals surface area contributed by atoms with Gasteiger partial charge >= 0.3 is 5.97 Å². The second kappa shape index (κ2) is 4.73. The summed E-state index contributed by atoms with van der Waals surface area (Å²) in [6.07, 6.45) is 3.43. The van der Waals surface area contributed by atoms with E-state index in [0.717, 1.165) is 25.0 Å². The third-order valence-electron chi connectivity index (χ3n) is 3.35. The number of nitrogens with zero attached hydrogens (tertiary/aromatic N) is 1. The maximum atomic E-state index is 12.1. The Bertz CT molecular complexity index is 502. The first-order chi connectivity index (χ1) is 8.13. The third kappa shape index (κ3) is 2.25. The number of aliphatic carboxylic acids is 1. The minimum atomic E-state index is -0.854. The Kier molecular flexibility index (Phi) is 3.31. The van der Waals surface area contributed by atoms with Gasteiger partial charge < -0.3 is 9.67 Å². The summed E-state index contributed by atoms with van der Waals surface area (Å²) in [4.78, 5) is 22.7. The Morgan fingerprint density at radius 2 is 2.24 bits per heavy atom. The number of carboxylic acids is 1. The van der Waals surface area contributed by atoms with Crippen molar-refractivity contribution in [3.8, 4) is 0 Å². The van der Waals surface area contributed by atoms with Crippen molar-refractivity contribution in [1.82, 2.24) is 4.57 Å². The highest BCUT2D eigenvalue weighted by Crippen LogP contribution is 2.21. The molecule has 0 aromatic carbocycles.